The molecule has 0 saturated carbocycles. The molecular weight excluding hydrogens is 416 g/mol. The highest BCUT2D eigenvalue weighted by Crippen LogP contribution is 2.29. The van der Waals surface area contributed by atoms with E-state index < -0.39 is 10.0 Å². The lowest BCUT2D eigenvalue weighted by molar-refractivity contribution is 0.414. The van der Waals surface area contributed by atoms with E-state index in [-0.39, 0.29) is 9.92 Å². The molecule has 1 fully saturated rings. The van der Waals surface area contributed by atoms with Crippen LogP contribution in [-0.2, 0) is 10.0 Å². The summed E-state index contributed by atoms with van der Waals surface area (Å²) in [5.74, 6) is 1.92. The molecule has 3 heterocycles. The van der Waals surface area contributed by atoms with Crippen LogP contribution in [0.4, 0.5) is 5.82 Å². The van der Waals surface area contributed by atoms with Gasteiger partial charge in [0.2, 0.25) is 10.0 Å². The average Bonchev–Trinajstić information content (AvgIpc) is 2.92. The second kappa shape index (κ2) is 7.77. The van der Waals surface area contributed by atoms with Crippen molar-refractivity contribution >= 4 is 33.1 Å². The quantitative estimate of drug-likeness (QED) is 0.617. The lowest BCUT2D eigenvalue weighted by Gasteiger charge is -2.22. The molecule has 9 nitrogen and oxygen atoms in total. The molecule has 1 aromatic carbocycles. The summed E-state index contributed by atoms with van der Waals surface area (Å²) in [6.45, 7) is 3.86. The van der Waals surface area contributed by atoms with Crippen LogP contribution in [0.1, 0.15) is 12.2 Å². The van der Waals surface area contributed by atoms with Crippen molar-refractivity contribution in [3.05, 3.63) is 41.2 Å². The minimum atomic E-state index is -3.65. The first-order valence-electron chi connectivity index (χ1n) is 9.18. The van der Waals surface area contributed by atoms with Crippen LogP contribution in [0.15, 0.2) is 35.2 Å². The van der Waals surface area contributed by atoms with E-state index in [4.69, 9.17) is 16.3 Å². The highest BCUT2D eigenvalue weighted by molar-refractivity contribution is 7.89. The fourth-order valence-corrected chi connectivity index (χ4v) is 5.19. The molecule has 154 valence electrons. The number of nitrogens with zero attached hydrogens (tertiary/aromatic N) is 6. The molecule has 1 saturated heterocycles. The van der Waals surface area contributed by atoms with E-state index >= 15 is 0 Å². The summed E-state index contributed by atoms with van der Waals surface area (Å²) < 4.78 is 34.5. The fourth-order valence-electron chi connectivity index (χ4n) is 3.37. The Labute approximate surface area is 173 Å². The SMILES string of the molecule is COc1ccc(S(=O)(=O)N2CCCN(c3ccc4nnc(C)n4n3)CC2)cc1Cl. The molecule has 2 aromatic heterocycles. The first kappa shape index (κ1) is 19.9. The van der Waals surface area contributed by atoms with Gasteiger partial charge >= 0.3 is 0 Å². The highest BCUT2D eigenvalue weighted by Gasteiger charge is 2.28. The monoisotopic (exact) mass is 436 g/mol. The smallest absolute Gasteiger partial charge is 0.243 e. The lowest BCUT2D eigenvalue weighted by atomic mass is 10.3. The molecule has 0 bridgehead atoms. The summed E-state index contributed by atoms with van der Waals surface area (Å²) in [5, 5.41) is 12.9. The highest BCUT2D eigenvalue weighted by atomic mass is 35.5. The molecule has 11 heteroatoms. The predicted octanol–water partition coefficient (Wildman–Crippen LogP) is 2.00. The van der Waals surface area contributed by atoms with Gasteiger partial charge in [0.1, 0.15) is 11.6 Å². The van der Waals surface area contributed by atoms with Crippen molar-refractivity contribution < 1.29 is 13.2 Å². The van der Waals surface area contributed by atoms with E-state index in [0.29, 0.717) is 49.8 Å². The van der Waals surface area contributed by atoms with Gasteiger partial charge in [-0.2, -0.15) is 8.82 Å². The van der Waals surface area contributed by atoms with E-state index in [0.717, 1.165) is 5.82 Å². The Balaban J connectivity index is 1.54. The third kappa shape index (κ3) is 3.75. The van der Waals surface area contributed by atoms with E-state index in [2.05, 4.69) is 20.2 Å². The van der Waals surface area contributed by atoms with Gasteiger partial charge in [-0.15, -0.1) is 15.3 Å². The molecule has 0 atom stereocenters. The van der Waals surface area contributed by atoms with Crippen molar-refractivity contribution in [1.82, 2.24) is 24.1 Å². The van der Waals surface area contributed by atoms with Gasteiger partial charge in [0.05, 0.1) is 17.0 Å². The third-order valence-corrected chi connectivity index (χ3v) is 7.13. The Morgan fingerprint density at radius 2 is 1.90 bits per heavy atom. The number of rotatable bonds is 4. The summed E-state index contributed by atoms with van der Waals surface area (Å²) in [6.07, 6.45) is 0.685. The van der Waals surface area contributed by atoms with Gasteiger partial charge in [0, 0.05) is 26.2 Å². The first-order chi connectivity index (χ1) is 13.9. The molecule has 0 unspecified atom stereocenters. The number of halogens is 1. The van der Waals surface area contributed by atoms with Crippen LogP contribution in [0, 0.1) is 6.92 Å². The Hall–Kier alpha value is -2.43. The zero-order chi connectivity index (χ0) is 20.6. The predicted molar refractivity (Wildman–Crippen MR) is 109 cm³/mol. The molecule has 1 aliphatic heterocycles. The summed E-state index contributed by atoms with van der Waals surface area (Å²) in [6, 6.07) is 8.27. The molecule has 3 aromatic rings. The molecule has 0 radical (unpaired) electrons. The number of anilines is 1. The van der Waals surface area contributed by atoms with Crippen molar-refractivity contribution in [2.24, 2.45) is 0 Å². The molecule has 0 aliphatic carbocycles. The molecule has 1 aliphatic rings. The first-order valence-corrected chi connectivity index (χ1v) is 11.0. The number of hydrogen-bond donors (Lipinski definition) is 0. The summed E-state index contributed by atoms with van der Waals surface area (Å²) in [7, 11) is -2.16. The largest absolute Gasteiger partial charge is 0.495 e. The molecule has 0 amide bonds. The van der Waals surface area contributed by atoms with Crippen LogP contribution in [0.2, 0.25) is 5.02 Å². The van der Waals surface area contributed by atoms with E-state index in [1.807, 2.05) is 19.1 Å². The number of hydrogen-bond acceptors (Lipinski definition) is 7. The Kier molecular flexibility index (Phi) is 5.32. The number of aryl methyl sites for hydroxylation is 1. The van der Waals surface area contributed by atoms with Crippen LogP contribution >= 0.6 is 11.6 Å². The van der Waals surface area contributed by atoms with Gasteiger partial charge in [-0.1, -0.05) is 11.6 Å². The minimum Gasteiger partial charge on any atom is -0.495 e. The molecule has 4 rings (SSSR count). The maximum Gasteiger partial charge on any atom is 0.243 e. The van der Waals surface area contributed by atoms with Crippen LogP contribution < -0.4 is 9.64 Å². The Bertz CT molecular complexity index is 1150. The van der Waals surface area contributed by atoms with E-state index in [1.165, 1.54) is 23.5 Å². The third-order valence-electron chi connectivity index (χ3n) is 4.94. The topological polar surface area (TPSA) is 92.9 Å². The van der Waals surface area contributed by atoms with Crippen molar-refractivity contribution in [2.45, 2.75) is 18.2 Å². The summed E-state index contributed by atoms with van der Waals surface area (Å²) in [4.78, 5) is 2.24. The van der Waals surface area contributed by atoms with E-state index in [1.54, 1.807) is 10.6 Å². The number of aromatic nitrogens is 4. The number of ether oxygens (including phenoxy) is 1. The fraction of sp³-hybridized carbons (Fsp3) is 0.389. The van der Waals surface area contributed by atoms with Crippen molar-refractivity contribution in [1.29, 1.82) is 0 Å². The van der Waals surface area contributed by atoms with Crippen LogP contribution in [0.25, 0.3) is 5.65 Å². The minimum absolute atomic E-state index is 0.163. The number of sulfonamides is 1. The standard InChI is InChI=1S/C18H21ClN6O3S/c1-13-20-21-17-6-7-18(22-25(13)17)23-8-3-9-24(11-10-23)29(26,27)14-4-5-16(28-2)15(19)12-14/h4-7,12H,3,8-11H2,1-2H3. The molecule has 0 spiro atoms. The van der Waals surface area contributed by atoms with Gasteiger partial charge in [0.15, 0.2) is 11.5 Å². The molecular formula is C18H21ClN6O3S. The second-order valence-corrected chi connectivity index (χ2v) is 9.09. The van der Waals surface area contributed by atoms with Gasteiger partial charge < -0.3 is 9.64 Å². The van der Waals surface area contributed by atoms with Gasteiger partial charge in [0.25, 0.3) is 0 Å². The van der Waals surface area contributed by atoms with Crippen molar-refractivity contribution in [3.8, 4) is 5.75 Å². The van der Waals surface area contributed by atoms with Crippen LogP contribution in [0.5, 0.6) is 5.75 Å². The summed E-state index contributed by atoms with van der Waals surface area (Å²) >= 11 is 6.12. The maximum absolute atomic E-state index is 13.1. The number of methoxy groups -OCH3 is 1. The van der Waals surface area contributed by atoms with Crippen molar-refractivity contribution in [3.63, 3.8) is 0 Å². The Morgan fingerprint density at radius 3 is 2.66 bits per heavy atom. The lowest BCUT2D eigenvalue weighted by Crippen LogP contribution is -2.35. The van der Waals surface area contributed by atoms with Crippen LogP contribution in [0.3, 0.4) is 0 Å². The molecule has 0 N–H and O–H groups in total. The van der Waals surface area contributed by atoms with E-state index in [9.17, 15) is 8.42 Å². The normalized spacial score (nSPS) is 16.2. The zero-order valence-corrected chi connectivity index (χ0v) is 17.7. The summed E-state index contributed by atoms with van der Waals surface area (Å²) in [5.41, 5.74) is 0.682. The van der Waals surface area contributed by atoms with Crippen molar-refractivity contribution in [2.75, 3.05) is 38.2 Å². The second-order valence-electron chi connectivity index (χ2n) is 6.75. The average molecular weight is 437 g/mol. The maximum atomic E-state index is 13.1. The Morgan fingerprint density at radius 1 is 1.07 bits per heavy atom. The van der Waals surface area contributed by atoms with Gasteiger partial charge in [-0.25, -0.2) is 8.42 Å². The number of benzene rings is 1. The number of fused-ring (bicyclic) bond motifs is 1. The van der Waals surface area contributed by atoms with Gasteiger partial charge in [-0.3, -0.25) is 0 Å². The zero-order valence-electron chi connectivity index (χ0n) is 16.1. The molecule has 29 heavy (non-hydrogen) atoms. The van der Waals surface area contributed by atoms with Crippen LogP contribution in [-0.4, -0.2) is 65.8 Å². The van der Waals surface area contributed by atoms with Gasteiger partial charge in [-0.05, 0) is 43.7 Å².